The molecule has 0 saturated heterocycles. The lowest BCUT2D eigenvalue weighted by Crippen LogP contribution is -1.91. The van der Waals surface area contributed by atoms with Gasteiger partial charge in [-0.05, 0) is 81.4 Å². The fourth-order valence-electron chi connectivity index (χ4n) is 4.50. The van der Waals surface area contributed by atoms with Gasteiger partial charge in [0.25, 0.3) is 5.70 Å². The molecule has 1 aliphatic rings. The Morgan fingerprint density at radius 1 is 0.667 bits per heavy atom. The van der Waals surface area contributed by atoms with Crippen molar-refractivity contribution in [2.45, 2.75) is 0 Å². The maximum atomic E-state index is 13.5. The summed E-state index contributed by atoms with van der Waals surface area (Å²) in [5, 5.41) is 19.6. The first-order chi connectivity index (χ1) is 17.5. The number of benzene rings is 4. The second-order valence-corrected chi connectivity index (χ2v) is 8.04. The van der Waals surface area contributed by atoms with Gasteiger partial charge in [-0.1, -0.05) is 30.3 Å². The van der Waals surface area contributed by atoms with Crippen molar-refractivity contribution in [2.75, 3.05) is 0 Å². The van der Waals surface area contributed by atoms with Gasteiger partial charge >= 0.3 is 0 Å². The highest BCUT2D eigenvalue weighted by molar-refractivity contribution is 6.07. The Bertz CT molecular complexity index is 1640. The Morgan fingerprint density at radius 3 is 1.69 bits per heavy atom. The Balaban J connectivity index is 1.87. The Hall–Kier alpha value is -5.56. The molecule has 0 saturated carbocycles. The first-order valence-corrected chi connectivity index (χ1v) is 10.7. The molecule has 0 aromatic heterocycles. The predicted octanol–water partition coefficient (Wildman–Crippen LogP) is 7.90. The SMILES string of the molecule is [C-]#[N+]/C(C#N)=C1/c2cc(C#N)c(-c3ccc(F)cc3)cc2-c2cc(-c3ccc(F)cc3)c([N+]#[C-])cc21. The fourth-order valence-corrected chi connectivity index (χ4v) is 4.50. The number of halogens is 2. The number of rotatable bonds is 2. The van der Waals surface area contributed by atoms with Crippen LogP contribution < -0.4 is 0 Å². The zero-order chi connectivity index (χ0) is 25.4. The van der Waals surface area contributed by atoms with Crippen LogP contribution in [0.2, 0.25) is 0 Å². The Labute approximate surface area is 205 Å². The van der Waals surface area contributed by atoms with E-state index in [0.29, 0.717) is 55.6 Å². The third-order valence-corrected chi connectivity index (χ3v) is 6.13. The number of fused-ring (bicyclic) bond motifs is 3. The third-order valence-electron chi connectivity index (χ3n) is 6.13. The molecule has 0 radical (unpaired) electrons. The van der Waals surface area contributed by atoms with Crippen LogP contribution in [0.5, 0.6) is 0 Å². The highest BCUT2D eigenvalue weighted by Crippen LogP contribution is 2.51. The number of nitriles is 2. The van der Waals surface area contributed by atoms with E-state index >= 15 is 0 Å². The van der Waals surface area contributed by atoms with Crippen LogP contribution >= 0.6 is 0 Å². The summed E-state index contributed by atoms with van der Waals surface area (Å²) >= 11 is 0. The van der Waals surface area contributed by atoms with E-state index in [9.17, 15) is 19.3 Å². The molecule has 0 aliphatic heterocycles. The van der Waals surface area contributed by atoms with Gasteiger partial charge in [0.15, 0.2) is 5.69 Å². The third kappa shape index (κ3) is 3.48. The molecule has 166 valence electrons. The van der Waals surface area contributed by atoms with Gasteiger partial charge in [0.05, 0.1) is 30.8 Å². The van der Waals surface area contributed by atoms with Crippen LogP contribution in [0.15, 0.2) is 78.5 Å². The summed E-state index contributed by atoms with van der Waals surface area (Å²) < 4.78 is 27.1. The normalized spacial score (nSPS) is 12.4. The molecule has 0 amide bonds. The van der Waals surface area contributed by atoms with Crippen molar-refractivity contribution < 1.29 is 8.78 Å². The van der Waals surface area contributed by atoms with E-state index in [1.807, 2.05) is 6.07 Å². The Morgan fingerprint density at radius 2 is 1.19 bits per heavy atom. The molecule has 0 heterocycles. The van der Waals surface area contributed by atoms with Crippen LogP contribution in [-0.2, 0) is 0 Å². The van der Waals surface area contributed by atoms with Gasteiger partial charge in [-0.3, -0.25) is 0 Å². The van der Waals surface area contributed by atoms with Crippen LogP contribution in [0.3, 0.4) is 0 Å². The van der Waals surface area contributed by atoms with Gasteiger partial charge < -0.3 is 0 Å². The first kappa shape index (κ1) is 22.2. The second kappa shape index (κ2) is 8.66. The molecule has 0 N–H and O–H groups in total. The molecule has 5 rings (SSSR count). The maximum absolute atomic E-state index is 13.5. The lowest BCUT2D eigenvalue weighted by Gasteiger charge is -2.11. The van der Waals surface area contributed by atoms with Crippen molar-refractivity contribution in [3.63, 3.8) is 0 Å². The van der Waals surface area contributed by atoms with Crippen molar-refractivity contribution >= 4 is 11.3 Å². The van der Waals surface area contributed by atoms with Crippen molar-refractivity contribution in [3.8, 4) is 45.5 Å². The van der Waals surface area contributed by atoms with Crippen LogP contribution in [0.25, 0.3) is 48.6 Å². The molecular formula is C30H12F2N4. The average Bonchev–Trinajstić information content (AvgIpc) is 3.21. The van der Waals surface area contributed by atoms with Crippen molar-refractivity contribution in [3.05, 3.63) is 130 Å². The molecule has 0 fully saturated rings. The van der Waals surface area contributed by atoms with Gasteiger partial charge in [-0.15, -0.1) is 0 Å². The lowest BCUT2D eigenvalue weighted by molar-refractivity contribution is 0.627. The smallest absolute Gasteiger partial charge is 0.237 e. The topological polar surface area (TPSA) is 56.3 Å². The highest BCUT2D eigenvalue weighted by Gasteiger charge is 2.30. The van der Waals surface area contributed by atoms with E-state index in [1.54, 1.807) is 48.5 Å². The molecule has 4 nitrogen and oxygen atoms in total. The summed E-state index contributed by atoms with van der Waals surface area (Å²) in [5.41, 5.74) is 5.64. The van der Waals surface area contributed by atoms with E-state index in [1.165, 1.54) is 24.3 Å². The van der Waals surface area contributed by atoms with Crippen molar-refractivity contribution in [1.29, 1.82) is 10.5 Å². The molecule has 4 aromatic rings. The molecule has 0 unspecified atom stereocenters. The van der Waals surface area contributed by atoms with Gasteiger partial charge in [0.1, 0.15) is 11.6 Å². The quantitative estimate of drug-likeness (QED) is 0.196. The summed E-state index contributed by atoms with van der Waals surface area (Å²) in [6.07, 6.45) is 0. The molecular weight excluding hydrogens is 454 g/mol. The Kier molecular flexibility index (Phi) is 5.35. The zero-order valence-corrected chi connectivity index (χ0v) is 18.5. The predicted molar refractivity (Wildman–Crippen MR) is 132 cm³/mol. The number of hydrogen-bond donors (Lipinski definition) is 0. The minimum Gasteiger partial charge on any atom is -0.237 e. The number of nitrogens with zero attached hydrogens (tertiary/aromatic N) is 4. The van der Waals surface area contributed by atoms with E-state index < -0.39 is 11.6 Å². The second-order valence-electron chi connectivity index (χ2n) is 8.04. The first-order valence-electron chi connectivity index (χ1n) is 10.7. The lowest BCUT2D eigenvalue weighted by atomic mass is 9.92. The van der Waals surface area contributed by atoms with Gasteiger partial charge in [-0.2, -0.15) is 5.26 Å². The van der Waals surface area contributed by atoms with Crippen LogP contribution in [0.1, 0.15) is 16.7 Å². The maximum Gasteiger partial charge on any atom is 0.270 e. The molecule has 36 heavy (non-hydrogen) atoms. The summed E-state index contributed by atoms with van der Waals surface area (Å²) in [5.74, 6) is -0.802. The standard InChI is InChI=1S/C30H12F2N4/c1-35-28-14-27-25(13-23(28)18-5-9-21(32)10-6-18)24-12-22(17-3-7-20(31)8-4-17)19(15-33)11-26(24)30(27)29(16-34)36-2/h3-14H/b30-29-. The van der Waals surface area contributed by atoms with Crippen LogP contribution in [0, 0.1) is 47.4 Å². The summed E-state index contributed by atoms with van der Waals surface area (Å²) in [7, 11) is 0. The molecule has 0 atom stereocenters. The van der Waals surface area contributed by atoms with E-state index in [-0.39, 0.29) is 11.4 Å². The molecule has 0 spiro atoms. The minimum atomic E-state index is -0.402. The van der Waals surface area contributed by atoms with Gasteiger partial charge in [-0.25, -0.2) is 23.7 Å². The molecule has 4 aromatic carbocycles. The van der Waals surface area contributed by atoms with Crippen molar-refractivity contribution in [2.24, 2.45) is 0 Å². The minimum absolute atomic E-state index is 0.154. The zero-order valence-electron chi connectivity index (χ0n) is 18.5. The van der Waals surface area contributed by atoms with Crippen LogP contribution in [0.4, 0.5) is 14.5 Å². The summed E-state index contributed by atoms with van der Waals surface area (Å²) in [6.45, 7) is 15.3. The van der Waals surface area contributed by atoms with E-state index in [4.69, 9.17) is 13.1 Å². The highest BCUT2D eigenvalue weighted by atomic mass is 19.1. The summed E-state index contributed by atoms with van der Waals surface area (Å²) in [6, 6.07) is 22.5. The summed E-state index contributed by atoms with van der Waals surface area (Å²) in [4.78, 5) is 7.05. The van der Waals surface area contributed by atoms with Crippen molar-refractivity contribution in [1.82, 2.24) is 0 Å². The number of hydrogen-bond acceptors (Lipinski definition) is 2. The molecule has 1 aliphatic carbocycles. The molecule has 0 bridgehead atoms. The number of allylic oxidation sites excluding steroid dienone is 1. The van der Waals surface area contributed by atoms with Gasteiger partial charge in [0.2, 0.25) is 0 Å². The van der Waals surface area contributed by atoms with E-state index in [2.05, 4.69) is 15.8 Å². The van der Waals surface area contributed by atoms with Gasteiger partial charge in [0, 0.05) is 11.1 Å². The van der Waals surface area contributed by atoms with Crippen LogP contribution in [-0.4, -0.2) is 0 Å². The average molecular weight is 466 g/mol. The van der Waals surface area contributed by atoms with E-state index in [0.717, 1.165) is 0 Å². The monoisotopic (exact) mass is 466 g/mol. The molecule has 6 heteroatoms. The fraction of sp³-hybridized carbons (Fsp3) is 0. The largest absolute Gasteiger partial charge is 0.270 e.